The molecule has 0 radical (unpaired) electrons. The lowest BCUT2D eigenvalue weighted by Crippen LogP contribution is -1.98. The molecular weight excluding hydrogens is 294 g/mol. The minimum absolute atomic E-state index is 0.0487. The third kappa shape index (κ3) is 4.58. The highest BCUT2D eigenvalue weighted by Gasteiger charge is 2.18. The monoisotopic (exact) mass is 317 g/mol. The zero-order valence-corrected chi connectivity index (χ0v) is 13.7. The van der Waals surface area contributed by atoms with Crippen LogP contribution in [0.15, 0.2) is 28.8 Å². The van der Waals surface area contributed by atoms with Gasteiger partial charge in [-0.25, -0.2) is 4.79 Å². The first-order valence-electron chi connectivity index (χ1n) is 8.06. The van der Waals surface area contributed by atoms with Crippen LogP contribution in [-0.4, -0.2) is 22.8 Å². The normalized spacial score (nSPS) is 10.7. The van der Waals surface area contributed by atoms with Gasteiger partial charge in [0.1, 0.15) is 5.75 Å². The SMILES string of the molecule is CCCCCCCOc1ccc(-c2onc(C(=O)O)c2C)cc1. The molecule has 1 aromatic carbocycles. The Morgan fingerprint density at radius 3 is 2.48 bits per heavy atom. The summed E-state index contributed by atoms with van der Waals surface area (Å²) in [6.45, 7) is 4.61. The molecule has 0 amide bonds. The second kappa shape index (κ2) is 8.36. The first-order chi connectivity index (χ1) is 11.1. The highest BCUT2D eigenvalue weighted by atomic mass is 16.5. The second-order valence-corrected chi connectivity index (χ2v) is 5.58. The Morgan fingerprint density at radius 1 is 1.17 bits per heavy atom. The summed E-state index contributed by atoms with van der Waals surface area (Å²) in [7, 11) is 0. The van der Waals surface area contributed by atoms with Crippen molar-refractivity contribution in [1.82, 2.24) is 5.16 Å². The van der Waals surface area contributed by atoms with Gasteiger partial charge in [0, 0.05) is 11.1 Å². The molecule has 0 fully saturated rings. The van der Waals surface area contributed by atoms with Crippen LogP contribution in [0, 0.1) is 6.92 Å². The van der Waals surface area contributed by atoms with Gasteiger partial charge in [-0.3, -0.25) is 0 Å². The molecule has 0 unspecified atom stereocenters. The van der Waals surface area contributed by atoms with Gasteiger partial charge in [0.05, 0.1) is 6.61 Å². The van der Waals surface area contributed by atoms with E-state index in [1.165, 1.54) is 25.7 Å². The maximum Gasteiger partial charge on any atom is 0.358 e. The van der Waals surface area contributed by atoms with E-state index < -0.39 is 5.97 Å². The fourth-order valence-corrected chi connectivity index (χ4v) is 2.40. The third-order valence-electron chi connectivity index (χ3n) is 3.76. The van der Waals surface area contributed by atoms with Crippen molar-refractivity contribution in [2.75, 3.05) is 6.61 Å². The van der Waals surface area contributed by atoms with E-state index in [2.05, 4.69) is 12.1 Å². The first-order valence-corrected chi connectivity index (χ1v) is 8.06. The molecule has 2 aromatic rings. The van der Waals surface area contributed by atoms with Gasteiger partial charge in [-0.15, -0.1) is 0 Å². The minimum atomic E-state index is -1.08. The highest BCUT2D eigenvalue weighted by Crippen LogP contribution is 2.27. The molecule has 23 heavy (non-hydrogen) atoms. The number of carboxylic acids is 1. The summed E-state index contributed by atoms with van der Waals surface area (Å²) in [5.41, 5.74) is 1.27. The number of ether oxygens (including phenoxy) is 1. The molecular formula is C18H23NO4. The lowest BCUT2D eigenvalue weighted by Gasteiger charge is -2.06. The Morgan fingerprint density at radius 2 is 1.87 bits per heavy atom. The molecule has 124 valence electrons. The van der Waals surface area contributed by atoms with Gasteiger partial charge in [0.2, 0.25) is 0 Å². The molecule has 5 nitrogen and oxygen atoms in total. The van der Waals surface area contributed by atoms with E-state index in [0.717, 1.165) is 17.7 Å². The summed E-state index contributed by atoms with van der Waals surface area (Å²) in [4.78, 5) is 11.0. The van der Waals surface area contributed by atoms with Crippen LogP contribution in [0.2, 0.25) is 0 Å². The van der Waals surface area contributed by atoms with Gasteiger partial charge < -0.3 is 14.4 Å². The van der Waals surface area contributed by atoms with Crippen LogP contribution in [0.5, 0.6) is 5.75 Å². The molecule has 0 atom stereocenters. The van der Waals surface area contributed by atoms with Gasteiger partial charge in [0.25, 0.3) is 0 Å². The maximum absolute atomic E-state index is 11.0. The molecule has 0 aliphatic rings. The Labute approximate surface area is 136 Å². The van der Waals surface area contributed by atoms with E-state index in [1.807, 2.05) is 24.3 Å². The van der Waals surface area contributed by atoms with Gasteiger partial charge in [-0.05, 0) is 37.6 Å². The van der Waals surface area contributed by atoms with Crippen LogP contribution in [0.25, 0.3) is 11.3 Å². The summed E-state index contributed by atoms with van der Waals surface area (Å²) in [5.74, 6) is 0.203. The third-order valence-corrected chi connectivity index (χ3v) is 3.76. The summed E-state index contributed by atoms with van der Waals surface area (Å²) in [6, 6.07) is 7.44. The van der Waals surface area contributed by atoms with Crippen molar-refractivity contribution in [2.24, 2.45) is 0 Å². The molecule has 5 heteroatoms. The van der Waals surface area contributed by atoms with Crippen molar-refractivity contribution < 1.29 is 19.2 Å². The largest absolute Gasteiger partial charge is 0.494 e. The van der Waals surface area contributed by atoms with Crippen molar-refractivity contribution in [3.63, 3.8) is 0 Å². The molecule has 0 aliphatic carbocycles. The van der Waals surface area contributed by atoms with E-state index in [1.54, 1.807) is 6.92 Å². The fraction of sp³-hybridized carbons (Fsp3) is 0.444. The van der Waals surface area contributed by atoms with Gasteiger partial charge >= 0.3 is 5.97 Å². The minimum Gasteiger partial charge on any atom is -0.494 e. The molecule has 0 saturated carbocycles. The first kappa shape index (κ1) is 17.1. The predicted molar refractivity (Wildman–Crippen MR) is 87.9 cm³/mol. The van der Waals surface area contributed by atoms with Crippen molar-refractivity contribution in [3.05, 3.63) is 35.5 Å². The molecule has 0 aliphatic heterocycles. The number of aromatic nitrogens is 1. The van der Waals surface area contributed by atoms with Gasteiger partial charge in [0.15, 0.2) is 11.5 Å². The van der Waals surface area contributed by atoms with Crippen LogP contribution >= 0.6 is 0 Å². The van der Waals surface area contributed by atoms with Crippen molar-refractivity contribution >= 4 is 5.97 Å². The predicted octanol–water partition coefficient (Wildman–Crippen LogP) is 4.70. The maximum atomic E-state index is 11.0. The quantitative estimate of drug-likeness (QED) is 0.679. The molecule has 0 bridgehead atoms. The molecule has 1 heterocycles. The molecule has 0 spiro atoms. The van der Waals surface area contributed by atoms with E-state index >= 15 is 0 Å². The van der Waals surface area contributed by atoms with E-state index in [4.69, 9.17) is 14.4 Å². The standard InChI is InChI=1S/C18H23NO4/c1-3-4-5-6-7-12-22-15-10-8-14(9-11-15)17-13(2)16(18(20)21)19-23-17/h8-11H,3-7,12H2,1-2H3,(H,20,21). The second-order valence-electron chi connectivity index (χ2n) is 5.58. The average Bonchev–Trinajstić information content (AvgIpc) is 2.93. The number of hydrogen-bond acceptors (Lipinski definition) is 4. The lowest BCUT2D eigenvalue weighted by atomic mass is 10.1. The summed E-state index contributed by atoms with van der Waals surface area (Å²) >= 11 is 0. The summed E-state index contributed by atoms with van der Waals surface area (Å²) < 4.78 is 10.9. The van der Waals surface area contributed by atoms with E-state index in [9.17, 15) is 4.79 Å². The lowest BCUT2D eigenvalue weighted by molar-refractivity contribution is 0.0685. The highest BCUT2D eigenvalue weighted by molar-refractivity contribution is 5.88. The molecule has 1 aromatic heterocycles. The topological polar surface area (TPSA) is 72.6 Å². The van der Waals surface area contributed by atoms with Gasteiger partial charge in [-0.1, -0.05) is 37.8 Å². The molecule has 1 N–H and O–H groups in total. The number of nitrogens with zero attached hydrogens (tertiary/aromatic N) is 1. The smallest absolute Gasteiger partial charge is 0.358 e. The van der Waals surface area contributed by atoms with Crippen LogP contribution in [0.3, 0.4) is 0 Å². The zero-order valence-electron chi connectivity index (χ0n) is 13.7. The Bertz CT molecular complexity index is 631. The van der Waals surface area contributed by atoms with Crippen LogP contribution in [-0.2, 0) is 0 Å². The fourth-order valence-electron chi connectivity index (χ4n) is 2.40. The number of carboxylic acid groups (broad SMARTS) is 1. The van der Waals surface area contributed by atoms with Crippen LogP contribution < -0.4 is 4.74 Å². The number of benzene rings is 1. The number of aromatic carboxylic acids is 1. The number of unbranched alkanes of at least 4 members (excludes halogenated alkanes) is 4. The Kier molecular flexibility index (Phi) is 6.20. The van der Waals surface area contributed by atoms with E-state index in [-0.39, 0.29) is 5.69 Å². The molecule has 2 rings (SSSR count). The average molecular weight is 317 g/mol. The van der Waals surface area contributed by atoms with Crippen molar-refractivity contribution in [1.29, 1.82) is 0 Å². The van der Waals surface area contributed by atoms with Crippen molar-refractivity contribution in [2.45, 2.75) is 46.0 Å². The summed E-state index contributed by atoms with van der Waals surface area (Å²) in [6.07, 6.45) is 6.04. The van der Waals surface area contributed by atoms with E-state index in [0.29, 0.717) is 17.9 Å². The van der Waals surface area contributed by atoms with Crippen LogP contribution in [0.4, 0.5) is 0 Å². The van der Waals surface area contributed by atoms with Crippen LogP contribution in [0.1, 0.15) is 55.1 Å². The van der Waals surface area contributed by atoms with Crippen molar-refractivity contribution in [3.8, 4) is 17.1 Å². The zero-order chi connectivity index (χ0) is 16.7. The Hall–Kier alpha value is -2.30. The summed E-state index contributed by atoms with van der Waals surface area (Å²) in [5, 5.41) is 12.6. The van der Waals surface area contributed by atoms with Gasteiger partial charge in [-0.2, -0.15) is 0 Å². The Balaban J connectivity index is 1.91. The number of carbonyl (C=O) groups is 1. The number of rotatable bonds is 9. The number of hydrogen-bond donors (Lipinski definition) is 1. The molecule has 0 saturated heterocycles.